The van der Waals surface area contributed by atoms with Gasteiger partial charge >= 0.3 is 0 Å². The number of carbonyl (C=O) groups is 1. The summed E-state index contributed by atoms with van der Waals surface area (Å²) in [7, 11) is -3.47. The Morgan fingerprint density at radius 3 is 2.69 bits per heavy atom. The van der Waals surface area contributed by atoms with Gasteiger partial charge < -0.3 is 5.32 Å². The molecule has 5 nitrogen and oxygen atoms in total. The minimum atomic E-state index is -3.47. The molecule has 0 spiro atoms. The van der Waals surface area contributed by atoms with Gasteiger partial charge in [0.2, 0.25) is 15.9 Å². The molecule has 136 valence electrons. The number of hydrogen-bond acceptors (Lipinski definition) is 3. The summed E-state index contributed by atoms with van der Waals surface area (Å²) in [5.41, 5.74) is 2.49. The Morgan fingerprint density at radius 2 is 1.88 bits per heavy atom. The number of rotatable bonds is 6. The highest BCUT2D eigenvalue weighted by Crippen LogP contribution is 2.29. The predicted octanol–water partition coefficient (Wildman–Crippen LogP) is 2.86. The number of carbonyl (C=O) groups excluding carboxylic acids is 1. The number of fused-ring (bicyclic) bond motifs is 1. The van der Waals surface area contributed by atoms with Crippen molar-refractivity contribution in [2.75, 3.05) is 23.1 Å². The molecule has 1 aliphatic heterocycles. The summed E-state index contributed by atoms with van der Waals surface area (Å²) in [5.74, 6) is -0.505. The largest absolute Gasteiger partial charge is 0.351 e. The first-order chi connectivity index (χ1) is 12.5. The van der Waals surface area contributed by atoms with Gasteiger partial charge in [0.25, 0.3) is 0 Å². The summed E-state index contributed by atoms with van der Waals surface area (Å²) >= 11 is 6.02. The number of nitrogens with one attached hydrogen (secondary N) is 1. The van der Waals surface area contributed by atoms with Crippen molar-refractivity contribution in [1.82, 2.24) is 5.32 Å². The number of hydrogen-bond donors (Lipinski definition) is 1. The van der Waals surface area contributed by atoms with Crippen molar-refractivity contribution in [3.8, 4) is 0 Å². The smallest absolute Gasteiger partial charge is 0.244 e. The van der Waals surface area contributed by atoms with Crippen LogP contribution in [0.25, 0.3) is 6.08 Å². The van der Waals surface area contributed by atoms with Gasteiger partial charge in [-0.2, -0.15) is 0 Å². The van der Waals surface area contributed by atoms with Crippen LogP contribution >= 0.6 is 11.6 Å². The highest BCUT2D eigenvalue weighted by molar-refractivity contribution is 7.92. The number of benzene rings is 2. The summed E-state index contributed by atoms with van der Waals surface area (Å²) < 4.78 is 26.5. The normalized spacial score (nSPS) is 13.8. The standard InChI is InChI=1S/C19H19ClN2O3S/c20-17-7-3-1-5-15(17)9-10-19(23)21-12-14-26(24,25)22-13-11-16-6-2-4-8-18(16)22/h1-10H,11-14H2,(H,21,23)/b10-9-. The van der Waals surface area contributed by atoms with Crippen LogP contribution in [-0.2, 0) is 21.2 Å². The molecule has 1 N–H and O–H groups in total. The fourth-order valence-electron chi connectivity index (χ4n) is 2.84. The molecule has 0 aromatic heterocycles. The number of halogens is 1. The van der Waals surface area contributed by atoms with Gasteiger partial charge in [-0.15, -0.1) is 0 Å². The Kier molecular flexibility index (Phi) is 5.64. The first kappa shape index (κ1) is 18.5. The highest BCUT2D eigenvalue weighted by atomic mass is 35.5. The molecule has 7 heteroatoms. The molecule has 0 aliphatic carbocycles. The van der Waals surface area contributed by atoms with E-state index in [4.69, 9.17) is 11.6 Å². The van der Waals surface area contributed by atoms with Crippen LogP contribution in [0.3, 0.4) is 0 Å². The highest BCUT2D eigenvalue weighted by Gasteiger charge is 2.28. The summed E-state index contributed by atoms with van der Waals surface area (Å²) in [6.45, 7) is 0.495. The second kappa shape index (κ2) is 7.93. The number of anilines is 1. The lowest BCUT2D eigenvalue weighted by atomic mass is 10.2. The first-order valence-corrected chi connectivity index (χ1v) is 10.2. The Labute approximate surface area is 158 Å². The Bertz CT molecular complexity index is 941. The van der Waals surface area contributed by atoms with Crippen LogP contribution in [0, 0.1) is 0 Å². The summed E-state index contributed by atoms with van der Waals surface area (Å²) in [4.78, 5) is 11.9. The molecule has 0 bridgehead atoms. The molecule has 0 saturated heterocycles. The van der Waals surface area contributed by atoms with Gasteiger partial charge in [-0.25, -0.2) is 8.42 Å². The van der Waals surface area contributed by atoms with Gasteiger partial charge in [0, 0.05) is 24.2 Å². The van der Waals surface area contributed by atoms with Gasteiger partial charge in [0.05, 0.1) is 11.4 Å². The average Bonchev–Trinajstić information content (AvgIpc) is 3.06. The number of para-hydroxylation sites is 1. The van der Waals surface area contributed by atoms with Crippen molar-refractivity contribution in [1.29, 1.82) is 0 Å². The molecular formula is C19H19ClN2O3S. The zero-order valence-corrected chi connectivity index (χ0v) is 15.6. The summed E-state index contributed by atoms with van der Waals surface area (Å²) in [6.07, 6.45) is 3.66. The van der Waals surface area contributed by atoms with Crippen LogP contribution < -0.4 is 9.62 Å². The van der Waals surface area contributed by atoms with Crippen molar-refractivity contribution < 1.29 is 13.2 Å². The molecule has 1 heterocycles. The third-order valence-corrected chi connectivity index (χ3v) is 6.27. The second-order valence-corrected chi connectivity index (χ2v) is 8.33. The topological polar surface area (TPSA) is 66.5 Å². The van der Waals surface area contributed by atoms with Crippen LogP contribution in [0.15, 0.2) is 54.6 Å². The van der Waals surface area contributed by atoms with Crippen LogP contribution in [0.4, 0.5) is 5.69 Å². The fraction of sp³-hybridized carbons (Fsp3) is 0.211. The molecule has 0 atom stereocenters. The first-order valence-electron chi connectivity index (χ1n) is 8.26. The Balaban J connectivity index is 1.54. The number of nitrogens with zero attached hydrogens (tertiary/aromatic N) is 1. The quantitative estimate of drug-likeness (QED) is 0.771. The average molecular weight is 391 g/mol. The molecule has 3 rings (SSSR count). The fourth-order valence-corrected chi connectivity index (χ4v) is 4.47. The van der Waals surface area contributed by atoms with Crippen LogP contribution in [0.5, 0.6) is 0 Å². The number of sulfonamides is 1. The maximum Gasteiger partial charge on any atom is 0.244 e. The van der Waals surface area contributed by atoms with Crippen molar-refractivity contribution in [3.63, 3.8) is 0 Å². The van der Waals surface area contributed by atoms with E-state index in [1.54, 1.807) is 24.3 Å². The molecule has 0 unspecified atom stereocenters. The monoisotopic (exact) mass is 390 g/mol. The van der Waals surface area contributed by atoms with E-state index < -0.39 is 10.0 Å². The van der Waals surface area contributed by atoms with Crippen LogP contribution in [0.1, 0.15) is 11.1 Å². The Morgan fingerprint density at radius 1 is 1.15 bits per heavy atom. The zero-order valence-electron chi connectivity index (χ0n) is 14.1. The van der Waals surface area contributed by atoms with Crippen molar-refractivity contribution in [2.24, 2.45) is 0 Å². The molecule has 26 heavy (non-hydrogen) atoms. The van der Waals surface area contributed by atoms with Gasteiger partial charge in [0.15, 0.2) is 0 Å². The van der Waals surface area contributed by atoms with Crippen LogP contribution in [0.2, 0.25) is 5.02 Å². The molecule has 0 fully saturated rings. The molecule has 2 aromatic rings. The van der Waals surface area contributed by atoms with E-state index in [0.29, 0.717) is 18.0 Å². The summed E-state index contributed by atoms with van der Waals surface area (Å²) in [6, 6.07) is 14.6. The van der Waals surface area contributed by atoms with E-state index in [9.17, 15) is 13.2 Å². The molecule has 1 aliphatic rings. The van der Waals surface area contributed by atoms with Gasteiger partial charge in [-0.3, -0.25) is 9.10 Å². The van der Waals surface area contributed by atoms with E-state index in [2.05, 4.69) is 5.32 Å². The van der Waals surface area contributed by atoms with Gasteiger partial charge in [-0.05, 0) is 35.8 Å². The van der Waals surface area contributed by atoms with E-state index in [0.717, 1.165) is 16.8 Å². The van der Waals surface area contributed by atoms with Crippen molar-refractivity contribution >= 4 is 39.3 Å². The lowest BCUT2D eigenvalue weighted by molar-refractivity contribution is -0.116. The van der Waals surface area contributed by atoms with E-state index in [-0.39, 0.29) is 18.2 Å². The third-order valence-electron chi connectivity index (χ3n) is 4.16. The SMILES string of the molecule is O=C(/C=C\c1ccccc1Cl)NCCS(=O)(=O)N1CCc2ccccc21. The Hall–Kier alpha value is -2.31. The minimum Gasteiger partial charge on any atom is -0.351 e. The lowest BCUT2D eigenvalue weighted by Crippen LogP contribution is -2.36. The minimum absolute atomic E-state index is 0.0483. The van der Waals surface area contributed by atoms with Crippen molar-refractivity contribution in [3.05, 3.63) is 70.8 Å². The zero-order chi connectivity index (χ0) is 18.6. The molecule has 0 radical (unpaired) electrons. The molecule has 0 saturated carbocycles. The van der Waals surface area contributed by atoms with Gasteiger partial charge in [0.1, 0.15) is 0 Å². The molecular weight excluding hydrogens is 372 g/mol. The lowest BCUT2D eigenvalue weighted by Gasteiger charge is -2.19. The maximum absolute atomic E-state index is 12.5. The molecule has 2 aromatic carbocycles. The van der Waals surface area contributed by atoms with E-state index >= 15 is 0 Å². The van der Waals surface area contributed by atoms with Gasteiger partial charge in [-0.1, -0.05) is 48.0 Å². The van der Waals surface area contributed by atoms with E-state index in [1.807, 2.05) is 30.3 Å². The van der Waals surface area contributed by atoms with Crippen LogP contribution in [-0.4, -0.2) is 33.2 Å². The second-order valence-electron chi connectivity index (χ2n) is 5.91. The van der Waals surface area contributed by atoms with Crippen molar-refractivity contribution in [2.45, 2.75) is 6.42 Å². The summed E-state index contributed by atoms with van der Waals surface area (Å²) in [5, 5.41) is 3.15. The maximum atomic E-state index is 12.5. The van der Waals surface area contributed by atoms with E-state index in [1.165, 1.54) is 10.4 Å². The third kappa shape index (κ3) is 4.26. The predicted molar refractivity (Wildman–Crippen MR) is 105 cm³/mol. The molecule has 1 amide bonds. The number of amides is 1.